The molecule has 0 spiro atoms. The molecule has 2 rings (SSSR count). The van der Waals surface area contributed by atoms with E-state index in [0.29, 0.717) is 0 Å². The quantitative estimate of drug-likeness (QED) is 0.831. The summed E-state index contributed by atoms with van der Waals surface area (Å²) in [6.07, 6.45) is 0. The van der Waals surface area contributed by atoms with Crippen LogP contribution in [0.2, 0.25) is 0 Å². The number of aromatic hydroxyl groups is 1. The molecule has 82 valence electrons. The third-order valence-corrected chi connectivity index (χ3v) is 2.93. The average molecular weight is 234 g/mol. The molecule has 1 N–H and O–H groups in total. The summed E-state index contributed by atoms with van der Waals surface area (Å²) in [7, 11) is 0. The number of hydrogen-bond acceptors (Lipinski definition) is 4. The van der Waals surface area contributed by atoms with Crippen LogP contribution in [0.3, 0.4) is 0 Å². The highest BCUT2D eigenvalue weighted by molar-refractivity contribution is 7.12. The lowest BCUT2D eigenvalue weighted by atomic mass is 10.2. The minimum Gasteiger partial charge on any atom is -0.506 e. The summed E-state index contributed by atoms with van der Waals surface area (Å²) in [5.74, 6) is -0.514. The van der Waals surface area contributed by atoms with E-state index in [9.17, 15) is 9.90 Å². The molecule has 0 bridgehead atoms. The average Bonchev–Trinajstić information content (AvgIpc) is 2.74. The molecule has 2 aromatic rings. The van der Waals surface area contributed by atoms with Crippen molar-refractivity contribution in [3.8, 4) is 5.75 Å². The first kappa shape index (κ1) is 10.7. The molecule has 0 unspecified atom stereocenters. The summed E-state index contributed by atoms with van der Waals surface area (Å²) in [5, 5.41) is 11.0. The molecule has 0 radical (unpaired) electrons. The van der Waals surface area contributed by atoms with Gasteiger partial charge in [0, 0.05) is 0 Å². The Hall–Kier alpha value is -1.81. The van der Waals surface area contributed by atoms with E-state index in [1.165, 1.54) is 17.4 Å². The molecule has 0 saturated heterocycles. The Morgan fingerprint density at radius 2 is 2.00 bits per heavy atom. The van der Waals surface area contributed by atoms with E-state index in [1.54, 1.807) is 5.38 Å². The lowest BCUT2D eigenvalue weighted by Gasteiger charge is -2.03. The Morgan fingerprint density at radius 3 is 2.62 bits per heavy atom. The van der Waals surface area contributed by atoms with Crippen molar-refractivity contribution in [1.29, 1.82) is 0 Å². The summed E-state index contributed by atoms with van der Waals surface area (Å²) in [5.41, 5.74) is 0.923. The van der Waals surface area contributed by atoms with Gasteiger partial charge in [-0.2, -0.15) is 0 Å². The number of benzene rings is 1. The second-order valence-electron chi connectivity index (χ2n) is 3.20. The predicted molar refractivity (Wildman–Crippen MR) is 61.5 cm³/mol. The van der Waals surface area contributed by atoms with Crippen LogP contribution in [0, 0.1) is 0 Å². The van der Waals surface area contributed by atoms with Crippen LogP contribution in [-0.2, 0) is 11.3 Å². The maximum Gasteiger partial charge on any atom is 0.352 e. The molecule has 0 aliphatic heterocycles. The third-order valence-electron chi connectivity index (χ3n) is 2.04. The fraction of sp³-hybridized carbons (Fsp3) is 0.0833. The van der Waals surface area contributed by atoms with Gasteiger partial charge in [0.1, 0.15) is 12.4 Å². The lowest BCUT2D eigenvalue weighted by Crippen LogP contribution is -2.03. The van der Waals surface area contributed by atoms with Gasteiger partial charge in [-0.25, -0.2) is 4.79 Å². The summed E-state index contributed by atoms with van der Waals surface area (Å²) in [6, 6.07) is 10.9. The molecular weight excluding hydrogens is 224 g/mol. The van der Waals surface area contributed by atoms with Gasteiger partial charge in [0.05, 0.1) is 0 Å². The second-order valence-corrected chi connectivity index (χ2v) is 4.11. The van der Waals surface area contributed by atoms with Crippen molar-refractivity contribution in [2.45, 2.75) is 6.61 Å². The van der Waals surface area contributed by atoms with Crippen LogP contribution >= 0.6 is 11.3 Å². The first-order chi connectivity index (χ1) is 7.77. The lowest BCUT2D eigenvalue weighted by molar-refractivity contribution is 0.0475. The van der Waals surface area contributed by atoms with E-state index < -0.39 is 5.97 Å². The minimum absolute atomic E-state index is 0.0249. The van der Waals surface area contributed by atoms with Gasteiger partial charge in [-0.15, -0.1) is 11.3 Å². The van der Waals surface area contributed by atoms with Crippen LogP contribution in [0.5, 0.6) is 5.75 Å². The van der Waals surface area contributed by atoms with Gasteiger partial charge >= 0.3 is 5.97 Å². The maximum absolute atomic E-state index is 11.5. The van der Waals surface area contributed by atoms with Crippen molar-refractivity contribution < 1.29 is 14.6 Å². The molecule has 16 heavy (non-hydrogen) atoms. The minimum atomic E-state index is -0.489. The first-order valence-electron chi connectivity index (χ1n) is 4.75. The number of esters is 1. The van der Waals surface area contributed by atoms with Crippen LogP contribution in [-0.4, -0.2) is 11.1 Å². The zero-order chi connectivity index (χ0) is 11.4. The monoisotopic (exact) mass is 234 g/mol. The molecule has 4 heteroatoms. The van der Waals surface area contributed by atoms with Crippen molar-refractivity contribution in [2.24, 2.45) is 0 Å². The molecule has 0 atom stereocenters. The van der Waals surface area contributed by atoms with Crippen LogP contribution in [0.4, 0.5) is 0 Å². The summed E-state index contributed by atoms with van der Waals surface area (Å²) in [6.45, 7) is 0.219. The Labute approximate surface area is 96.9 Å². The number of rotatable bonds is 3. The Bertz CT molecular complexity index is 476. The van der Waals surface area contributed by atoms with E-state index >= 15 is 0 Å². The van der Waals surface area contributed by atoms with E-state index in [4.69, 9.17) is 4.74 Å². The topological polar surface area (TPSA) is 46.5 Å². The first-order valence-corrected chi connectivity index (χ1v) is 5.63. The normalized spacial score (nSPS) is 10.0. The number of thiophene rings is 1. The van der Waals surface area contributed by atoms with Crippen LogP contribution in [0.25, 0.3) is 0 Å². The van der Waals surface area contributed by atoms with Crippen LogP contribution < -0.4 is 0 Å². The Balaban J connectivity index is 1.97. The van der Waals surface area contributed by atoms with E-state index in [-0.39, 0.29) is 17.2 Å². The van der Waals surface area contributed by atoms with Crippen molar-refractivity contribution in [3.63, 3.8) is 0 Å². The summed E-state index contributed by atoms with van der Waals surface area (Å²) in [4.78, 5) is 11.8. The van der Waals surface area contributed by atoms with Crippen molar-refractivity contribution in [2.75, 3.05) is 0 Å². The van der Waals surface area contributed by atoms with E-state index in [1.807, 2.05) is 30.3 Å². The molecule has 1 aromatic heterocycles. The number of ether oxygens (including phenoxy) is 1. The molecule has 0 fully saturated rings. The molecular formula is C12H10O3S. The fourth-order valence-corrected chi connectivity index (χ4v) is 1.92. The van der Waals surface area contributed by atoms with Gasteiger partial charge in [-0.05, 0) is 17.0 Å². The molecule has 0 amide bonds. The third kappa shape index (κ3) is 2.41. The van der Waals surface area contributed by atoms with Crippen LogP contribution in [0.15, 0.2) is 41.8 Å². The molecule has 1 aromatic carbocycles. The second kappa shape index (κ2) is 4.81. The number of hydrogen-bond donors (Lipinski definition) is 1. The van der Waals surface area contributed by atoms with Gasteiger partial charge < -0.3 is 9.84 Å². The standard InChI is InChI=1S/C12H10O3S/c13-10-6-7-16-11(10)12(14)15-8-9-4-2-1-3-5-9/h1-7,13H,8H2. The molecule has 1 heterocycles. The zero-order valence-corrected chi connectivity index (χ0v) is 9.24. The zero-order valence-electron chi connectivity index (χ0n) is 8.42. The number of carbonyl (C=O) groups excluding carboxylic acids is 1. The fourth-order valence-electron chi connectivity index (χ4n) is 1.24. The smallest absolute Gasteiger partial charge is 0.352 e. The van der Waals surface area contributed by atoms with Crippen molar-refractivity contribution in [1.82, 2.24) is 0 Å². The summed E-state index contributed by atoms with van der Waals surface area (Å²) >= 11 is 1.17. The van der Waals surface area contributed by atoms with Gasteiger partial charge in [0.25, 0.3) is 0 Å². The van der Waals surface area contributed by atoms with Crippen molar-refractivity contribution >= 4 is 17.3 Å². The summed E-state index contributed by atoms with van der Waals surface area (Å²) < 4.78 is 5.06. The Kier molecular flexibility index (Phi) is 3.22. The predicted octanol–water partition coefficient (Wildman–Crippen LogP) is 2.81. The van der Waals surface area contributed by atoms with Gasteiger partial charge in [-0.3, -0.25) is 0 Å². The van der Waals surface area contributed by atoms with Gasteiger partial charge in [-0.1, -0.05) is 30.3 Å². The Morgan fingerprint density at radius 1 is 1.25 bits per heavy atom. The van der Waals surface area contributed by atoms with Crippen molar-refractivity contribution in [3.05, 3.63) is 52.2 Å². The van der Waals surface area contributed by atoms with E-state index in [0.717, 1.165) is 5.56 Å². The highest BCUT2D eigenvalue weighted by Gasteiger charge is 2.13. The van der Waals surface area contributed by atoms with Gasteiger partial charge in [0.15, 0.2) is 4.88 Å². The molecule has 0 aliphatic rings. The van der Waals surface area contributed by atoms with E-state index in [2.05, 4.69) is 0 Å². The van der Waals surface area contributed by atoms with Crippen LogP contribution in [0.1, 0.15) is 15.2 Å². The maximum atomic E-state index is 11.5. The number of carbonyl (C=O) groups is 1. The SMILES string of the molecule is O=C(OCc1ccccc1)c1sccc1O. The molecule has 3 nitrogen and oxygen atoms in total. The molecule has 0 aliphatic carbocycles. The largest absolute Gasteiger partial charge is 0.506 e. The highest BCUT2D eigenvalue weighted by Crippen LogP contribution is 2.24. The highest BCUT2D eigenvalue weighted by atomic mass is 32.1. The molecule has 0 saturated carbocycles. The van der Waals surface area contributed by atoms with Gasteiger partial charge in [0.2, 0.25) is 0 Å².